The van der Waals surface area contributed by atoms with E-state index in [1.54, 1.807) is 6.20 Å². The summed E-state index contributed by atoms with van der Waals surface area (Å²) in [6, 6.07) is 4.06. The molecule has 1 amide bonds. The fourth-order valence-electron chi connectivity index (χ4n) is 1.81. The van der Waals surface area contributed by atoms with Gasteiger partial charge in [0.05, 0.1) is 5.56 Å². The normalized spacial score (nSPS) is 15.4. The van der Waals surface area contributed by atoms with Crippen molar-refractivity contribution in [3.8, 4) is 0 Å². The van der Waals surface area contributed by atoms with Crippen LogP contribution in [0.15, 0.2) is 18.3 Å². The second-order valence-electron chi connectivity index (χ2n) is 4.18. The van der Waals surface area contributed by atoms with Crippen molar-refractivity contribution in [2.75, 3.05) is 19.4 Å². The minimum Gasteiger partial charge on any atom is -0.373 e. The zero-order valence-corrected chi connectivity index (χ0v) is 9.73. The van der Waals surface area contributed by atoms with Crippen LogP contribution < -0.4 is 5.32 Å². The molecule has 1 N–H and O–H groups in total. The highest BCUT2D eigenvalue weighted by Crippen LogP contribution is 2.24. The summed E-state index contributed by atoms with van der Waals surface area (Å²) in [5.74, 6) is 0.850. The predicted octanol–water partition coefficient (Wildman–Crippen LogP) is 1.75. The predicted molar refractivity (Wildman–Crippen MR) is 63.5 cm³/mol. The molecule has 1 aliphatic carbocycles. The third-order valence-corrected chi connectivity index (χ3v) is 3.21. The Hall–Kier alpha value is -1.58. The number of nitrogens with one attached hydrogen (secondary N) is 1. The molecule has 1 fully saturated rings. The van der Waals surface area contributed by atoms with Crippen LogP contribution in [0.5, 0.6) is 0 Å². The summed E-state index contributed by atoms with van der Waals surface area (Å²) in [4.78, 5) is 18.0. The van der Waals surface area contributed by atoms with Gasteiger partial charge in [-0.25, -0.2) is 4.98 Å². The Morgan fingerprint density at radius 3 is 2.69 bits per heavy atom. The van der Waals surface area contributed by atoms with Crippen molar-refractivity contribution < 1.29 is 4.79 Å². The van der Waals surface area contributed by atoms with Crippen LogP contribution >= 0.6 is 0 Å². The van der Waals surface area contributed by atoms with E-state index in [0.717, 1.165) is 18.7 Å². The largest absolute Gasteiger partial charge is 0.373 e. The maximum absolute atomic E-state index is 12.0. The van der Waals surface area contributed by atoms with E-state index in [4.69, 9.17) is 0 Å². The SMILES string of the molecule is CNc1ccc(C(=O)N(C)C2CCC2)cn1. The average Bonchev–Trinajstić information content (AvgIpc) is 2.26. The number of anilines is 1. The molecule has 0 spiro atoms. The number of carbonyl (C=O) groups is 1. The molecule has 1 saturated carbocycles. The first-order valence-corrected chi connectivity index (χ1v) is 5.63. The molecule has 0 radical (unpaired) electrons. The molecule has 1 aliphatic rings. The van der Waals surface area contributed by atoms with Crippen molar-refractivity contribution in [1.29, 1.82) is 0 Å². The molecule has 1 heterocycles. The van der Waals surface area contributed by atoms with Crippen molar-refractivity contribution >= 4 is 11.7 Å². The average molecular weight is 219 g/mol. The summed E-state index contributed by atoms with van der Waals surface area (Å²) in [6.07, 6.45) is 5.12. The van der Waals surface area contributed by atoms with Crippen LogP contribution in [0.4, 0.5) is 5.82 Å². The van der Waals surface area contributed by atoms with Crippen LogP contribution in [0.1, 0.15) is 29.6 Å². The zero-order chi connectivity index (χ0) is 11.5. The molecule has 16 heavy (non-hydrogen) atoms. The van der Waals surface area contributed by atoms with E-state index < -0.39 is 0 Å². The Bertz CT molecular complexity index is 370. The fourth-order valence-corrected chi connectivity index (χ4v) is 1.81. The lowest BCUT2D eigenvalue weighted by molar-refractivity contribution is 0.0651. The number of amides is 1. The summed E-state index contributed by atoms with van der Waals surface area (Å²) in [5.41, 5.74) is 0.661. The summed E-state index contributed by atoms with van der Waals surface area (Å²) >= 11 is 0. The van der Waals surface area contributed by atoms with Crippen LogP contribution in [0.25, 0.3) is 0 Å². The number of rotatable bonds is 3. The van der Waals surface area contributed by atoms with Crippen LogP contribution in [0.3, 0.4) is 0 Å². The summed E-state index contributed by atoms with van der Waals surface area (Å²) in [7, 11) is 3.68. The third kappa shape index (κ3) is 2.01. The van der Waals surface area contributed by atoms with Gasteiger partial charge in [-0.15, -0.1) is 0 Å². The summed E-state index contributed by atoms with van der Waals surface area (Å²) in [6.45, 7) is 0. The maximum atomic E-state index is 12.0. The third-order valence-electron chi connectivity index (χ3n) is 3.21. The van der Waals surface area contributed by atoms with Crippen LogP contribution in [-0.2, 0) is 0 Å². The van der Waals surface area contributed by atoms with Gasteiger partial charge in [0.25, 0.3) is 5.91 Å². The van der Waals surface area contributed by atoms with Crippen LogP contribution in [0, 0.1) is 0 Å². The number of hydrogen-bond acceptors (Lipinski definition) is 3. The fraction of sp³-hybridized carbons (Fsp3) is 0.500. The summed E-state index contributed by atoms with van der Waals surface area (Å²) in [5, 5.41) is 2.93. The van der Waals surface area contributed by atoms with E-state index in [0.29, 0.717) is 11.6 Å². The van der Waals surface area contributed by atoms with Gasteiger partial charge in [-0.3, -0.25) is 4.79 Å². The van der Waals surface area contributed by atoms with Crippen molar-refractivity contribution in [3.05, 3.63) is 23.9 Å². The first kappa shape index (κ1) is 10.9. The van der Waals surface area contributed by atoms with Crippen molar-refractivity contribution in [3.63, 3.8) is 0 Å². The Morgan fingerprint density at radius 2 is 2.25 bits per heavy atom. The number of carbonyl (C=O) groups excluding carboxylic acids is 1. The molecule has 1 aromatic heterocycles. The van der Waals surface area contributed by atoms with Gasteiger partial charge in [-0.1, -0.05) is 0 Å². The molecular weight excluding hydrogens is 202 g/mol. The minimum absolute atomic E-state index is 0.0693. The van der Waals surface area contributed by atoms with Crippen molar-refractivity contribution in [1.82, 2.24) is 9.88 Å². The lowest BCUT2D eigenvalue weighted by atomic mass is 9.91. The molecule has 1 aromatic rings. The number of hydrogen-bond donors (Lipinski definition) is 1. The van der Waals surface area contributed by atoms with E-state index in [9.17, 15) is 4.79 Å². The van der Waals surface area contributed by atoms with E-state index in [-0.39, 0.29) is 5.91 Å². The Morgan fingerprint density at radius 1 is 1.50 bits per heavy atom. The maximum Gasteiger partial charge on any atom is 0.255 e. The van der Waals surface area contributed by atoms with Crippen molar-refractivity contribution in [2.45, 2.75) is 25.3 Å². The molecule has 0 atom stereocenters. The monoisotopic (exact) mass is 219 g/mol. The highest BCUT2D eigenvalue weighted by molar-refractivity contribution is 5.94. The molecule has 0 unspecified atom stereocenters. The van der Waals surface area contributed by atoms with Crippen molar-refractivity contribution in [2.24, 2.45) is 0 Å². The smallest absolute Gasteiger partial charge is 0.255 e. The summed E-state index contributed by atoms with van der Waals surface area (Å²) < 4.78 is 0. The second kappa shape index (κ2) is 4.51. The van der Waals surface area contributed by atoms with Gasteiger partial charge in [-0.2, -0.15) is 0 Å². The van der Waals surface area contributed by atoms with E-state index >= 15 is 0 Å². The lowest BCUT2D eigenvalue weighted by Gasteiger charge is -2.34. The molecule has 0 saturated heterocycles. The molecule has 2 rings (SSSR count). The van der Waals surface area contributed by atoms with Gasteiger partial charge in [-0.05, 0) is 31.4 Å². The Balaban J connectivity index is 2.07. The highest BCUT2D eigenvalue weighted by Gasteiger charge is 2.26. The molecule has 4 heteroatoms. The molecule has 0 bridgehead atoms. The molecule has 86 valence electrons. The number of nitrogens with zero attached hydrogens (tertiary/aromatic N) is 2. The molecular formula is C12H17N3O. The lowest BCUT2D eigenvalue weighted by Crippen LogP contribution is -2.41. The standard InChI is InChI=1S/C12H17N3O/c1-13-11-7-6-9(8-14-11)12(16)15(2)10-4-3-5-10/h6-8,10H,3-5H2,1-2H3,(H,13,14). The van der Waals surface area contributed by atoms with E-state index in [1.807, 2.05) is 31.1 Å². The van der Waals surface area contributed by atoms with E-state index in [1.165, 1.54) is 6.42 Å². The molecule has 0 aromatic carbocycles. The van der Waals surface area contributed by atoms with Gasteiger partial charge >= 0.3 is 0 Å². The van der Waals surface area contributed by atoms with Gasteiger partial charge in [0.2, 0.25) is 0 Å². The Kier molecular flexibility index (Phi) is 3.08. The van der Waals surface area contributed by atoms with Crippen LogP contribution in [0.2, 0.25) is 0 Å². The first-order chi connectivity index (χ1) is 7.72. The van der Waals surface area contributed by atoms with Gasteiger partial charge in [0.1, 0.15) is 5.82 Å². The van der Waals surface area contributed by atoms with Gasteiger partial charge in [0, 0.05) is 26.3 Å². The number of aromatic nitrogens is 1. The first-order valence-electron chi connectivity index (χ1n) is 5.63. The molecule has 0 aliphatic heterocycles. The van der Waals surface area contributed by atoms with Gasteiger partial charge in [0.15, 0.2) is 0 Å². The van der Waals surface area contributed by atoms with Crippen LogP contribution in [-0.4, -0.2) is 35.9 Å². The highest BCUT2D eigenvalue weighted by atomic mass is 16.2. The van der Waals surface area contributed by atoms with Gasteiger partial charge < -0.3 is 10.2 Å². The zero-order valence-electron chi connectivity index (χ0n) is 9.73. The Labute approximate surface area is 95.7 Å². The molecule has 4 nitrogen and oxygen atoms in total. The number of pyridine rings is 1. The minimum atomic E-state index is 0.0693. The quantitative estimate of drug-likeness (QED) is 0.842. The second-order valence-corrected chi connectivity index (χ2v) is 4.18. The topological polar surface area (TPSA) is 45.2 Å². The van der Waals surface area contributed by atoms with E-state index in [2.05, 4.69) is 10.3 Å².